The zero-order valence-corrected chi connectivity index (χ0v) is 20.4. The lowest BCUT2D eigenvalue weighted by atomic mass is 9.96. The number of aromatic amines is 1. The van der Waals surface area contributed by atoms with Gasteiger partial charge in [-0.1, -0.05) is 90.5 Å². The highest BCUT2D eigenvalue weighted by molar-refractivity contribution is 6.10. The third-order valence-electron chi connectivity index (χ3n) is 6.44. The first-order valence-corrected chi connectivity index (χ1v) is 12.3. The number of fused-ring (bicyclic) bond motifs is 1. The molecule has 0 aliphatic heterocycles. The molecule has 1 aromatic heterocycles. The van der Waals surface area contributed by atoms with E-state index in [4.69, 9.17) is 4.74 Å². The first-order chi connectivity index (χ1) is 17.7. The standard InChI is InChI=1S/C32H30N2O2/c1-23-12-14-24(15-13-23)18-19-33-31(26-10-6-3-7-11-26)32(35)29-21-34-30-20-27(16-17-28(29)30)36-22-25-8-4-2-5-9-25/h2-17,20-21,31,33-34H,18-19,22H2,1H3/t31-/m0/s1. The second kappa shape index (κ2) is 11.1. The molecule has 0 radical (unpaired) electrons. The molecule has 4 aromatic carbocycles. The normalized spacial score (nSPS) is 11.9. The molecule has 4 nitrogen and oxygen atoms in total. The number of carbonyl (C=O) groups excluding carboxylic acids is 1. The van der Waals surface area contributed by atoms with Crippen LogP contribution in [0.4, 0.5) is 0 Å². The van der Waals surface area contributed by atoms with Crippen molar-refractivity contribution in [1.82, 2.24) is 10.3 Å². The number of carbonyl (C=O) groups is 1. The van der Waals surface area contributed by atoms with E-state index in [1.54, 1.807) is 0 Å². The van der Waals surface area contributed by atoms with Crippen molar-refractivity contribution in [3.8, 4) is 5.75 Å². The lowest BCUT2D eigenvalue weighted by Gasteiger charge is -2.18. The molecule has 5 rings (SSSR count). The van der Waals surface area contributed by atoms with Crippen LogP contribution in [0.5, 0.6) is 5.75 Å². The zero-order chi connectivity index (χ0) is 24.7. The first-order valence-electron chi connectivity index (χ1n) is 12.3. The number of aryl methyl sites for hydroxylation is 1. The van der Waals surface area contributed by atoms with Gasteiger partial charge in [0.1, 0.15) is 12.4 Å². The van der Waals surface area contributed by atoms with Crippen molar-refractivity contribution in [3.05, 3.63) is 137 Å². The molecule has 180 valence electrons. The largest absolute Gasteiger partial charge is 0.489 e. The van der Waals surface area contributed by atoms with Gasteiger partial charge in [-0.15, -0.1) is 0 Å². The van der Waals surface area contributed by atoms with Crippen molar-refractivity contribution in [1.29, 1.82) is 0 Å². The van der Waals surface area contributed by atoms with E-state index in [9.17, 15) is 4.79 Å². The number of nitrogens with one attached hydrogen (secondary N) is 2. The van der Waals surface area contributed by atoms with Gasteiger partial charge in [0, 0.05) is 35.3 Å². The van der Waals surface area contributed by atoms with Crippen LogP contribution in [0.1, 0.15) is 38.7 Å². The smallest absolute Gasteiger partial charge is 0.186 e. The number of hydrogen-bond donors (Lipinski definition) is 2. The van der Waals surface area contributed by atoms with Crippen molar-refractivity contribution < 1.29 is 9.53 Å². The topological polar surface area (TPSA) is 54.1 Å². The van der Waals surface area contributed by atoms with E-state index in [-0.39, 0.29) is 5.78 Å². The number of hydrogen-bond acceptors (Lipinski definition) is 3. The highest BCUT2D eigenvalue weighted by Crippen LogP contribution is 2.28. The molecule has 0 amide bonds. The fraction of sp³-hybridized carbons (Fsp3) is 0.156. The number of benzene rings is 4. The molecular formula is C32H30N2O2. The molecule has 0 fully saturated rings. The Morgan fingerprint density at radius 3 is 2.33 bits per heavy atom. The summed E-state index contributed by atoms with van der Waals surface area (Å²) in [5, 5.41) is 4.41. The summed E-state index contributed by atoms with van der Waals surface area (Å²) < 4.78 is 5.97. The van der Waals surface area contributed by atoms with Crippen molar-refractivity contribution in [3.63, 3.8) is 0 Å². The molecule has 0 aliphatic carbocycles. The molecule has 0 saturated heterocycles. The Morgan fingerprint density at radius 2 is 1.58 bits per heavy atom. The van der Waals surface area contributed by atoms with E-state index in [0.717, 1.165) is 34.2 Å². The molecule has 4 heteroatoms. The average molecular weight is 475 g/mol. The monoisotopic (exact) mass is 474 g/mol. The summed E-state index contributed by atoms with van der Waals surface area (Å²) >= 11 is 0. The third-order valence-corrected chi connectivity index (χ3v) is 6.44. The van der Waals surface area contributed by atoms with Gasteiger partial charge in [0.05, 0.1) is 6.04 Å². The summed E-state index contributed by atoms with van der Waals surface area (Å²) in [6.45, 7) is 3.29. The van der Waals surface area contributed by atoms with Crippen LogP contribution in [0.15, 0.2) is 109 Å². The van der Waals surface area contributed by atoms with Crippen molar-refractivity contribution in [2.24, 2.45) is 0 Å². The van der Waals surface area contributed by atoms with Gasteiger partial charge in [0.2, 0.25) is 0 Å². The Hall–Kier alpha value is -4.15. The van der Waals surface area contributed by atoms with Crippen molar-refractivity contribution >= 4 is 16.7 Å². The molecule has 5 aromatic rings. The van der Waals surface area contributed by atoms with Crippen LogP contribution in [-0.4, -0.2) is 17.3 Å². The van der Waals surface area contributed by atoms with Gasteiger partial charge >= 0.3 is 0 Å². The average Bonchev–Trinajstić information content (AvgIpc) is 3.35. The van der Waals surface area contributed by atoms with Gasteiger partial charge in [-0.2, -0.15) is 0 Å². The van der Waals surface area contributed by atoms with Crippen molar-refractivity contribution in [2.45, 2.75) is 26.0 Å². The van der Waals surface area contributed by atoms with E-state index in [0.29, 0.717) is 18.7 Å². The summed E-state index contributed by atoms with van der Waals surface area (Å²) in [6.07, 6.45) is 2.67. The van der Waals surface area contributed by atoms with Crippen LogP contribution in [0.2, 0.25) is 0 Å². The molecule has 0 saturated carbocycles. The van der Waals surface area contributed by atoms with Crippen molar-refractivity contribution in [2.75, 3.05) is 6.54 Å². The Labute approximate surface area is 212 Å². The van der Waals surface area contributed by atoms with Crippen LogP contribution in [0.3, 0.4) is 0 Å². The predicted molar refractivity (Wildman–Crippen MR) is 145 cm³/mol. The molecular weight excluding hydrogens is 444 g/mol. The quantitative estimate of drug-likeness (QED) is 0.219. The number of Topliss-reactive ketones (excluding diaryl/α,β-unsaturated/α-hetero) is 1. The summed E-state index contributed by atoms with van der Waals surface area (Å²) in [4.78, 5) is 17.1. The van der Waals surface area contributed by atoms with Gasteiger partial charge in [-0.05, 0) is 42.2 Å². The maximum Gasteiger partial charge on any atom is 0.186 e. The SMILES string of the molecule is Cc1ccc(CCN[C@H](C(=O)c2c[nH]c3cc(OCc4ccccc4)ccc23)c2ccccc2)cc1. The molecule has 2 N–H and O–H groups in total. The second-order valence-electron chi connectivity index (χ2n) is 9.08. The number of H-pyrrole nitrogens is 1. The Kier molecular flexibility index (Phi) is 7.25. The van der Waals surface area contributed by atoms with E-state index >= 15 is 0 Å². The van der Waals surface area contributed by atoms with E-state index in [2.05, 4.69) is 41.5 Å². The fourth-order valence-electron chi connectivity index (χ4n) is 4.42. The Balaban J connectivity index is 1.33. The second-order valence-corrected chi connectivity index (χ2v) is 9.08. The maximum absolute atomic E-state index is 13.8. The Bertz CT molecular complexity index is 1420. The van der Waals surface area contributed by atoms with E-state index in [1.165, 1.54) is 11.1 Å². The molecule has 36 heavy (non-hydrogen) atoms. The first kappa shape index (κ1) is 23.6. The minimum Gasteiger partial charge on any atom is -0.489 e. The molecule has 0 bridgehead atoms. The lowest BCUT2D eigenvalue weighted by Crippen LogP contribution is -2.30. The Morgan fingerprint density at radius 1 is 0.861 bits per heavy atom. The van der Waals surface area contributed by atoms with E-state index in [1.807, 2.05) is 85.1 Å². The summed E-state index contributed by atoms with van der Waals surface area (Å²) in [6, 6.07) is 34.0. The van der Waals surface area contributed by atoms with Crippen LogP contribution in [0, 0.1) is 6.92 Å². The van der Waals surface area contributed by atoms with Crippen LogP contribution in [-0.2, 0) is 13.0 Å². The van der Waals surface area contributed by atoms with E-state index < -0.39 is 6.04 Å². The van der Waals surface area contributed by atoms with Gasteiger partial charge in [0.15, 0.2) is 5.78 Å². The number of ketones is 1. The highest BCUT2D eigenvalue weighted by atomic mass is 16.5. The molecule has 0 unspecified atom stereocenters. The molecule has 1 atom stereocenters. The van der Waals surface area contributed by atoms with Gasteiger partial charge in [-0.3, -0.25) is 4.79 Å². The molecule has 0 spiro atoms. The lowest BCUT2D eigenvalue weighted by molar-refractivity contribution is 0.0945. The molecule has 0 aliphatic rings. The van der Waals surface area contributed by atoms with Crippen LogP contribution in [0.25, 0.3) is 10.9 Å². The third kappa shape index (κ3) is 5.56. The minimum atomic E-state index is -0.426. The highest BCUT2D eigenvalue weighted by Gasteiger charge is 2.24. The number of aromatic nitrogens is 1. The molecule has 1 heterocycles. The number of ether oxygens (including phenoxy) is 1. The number of rotatable bonds is 10. The minimum absolute atomic E-state index is 0.0503. The zero-order valence-electron chi connectivity index (χ0n) is 20.4. The van der Waals surface area contributed by atoms with Crippen LogP contribution >= 0.6 is 0 Å². The maximum atomic E-state index is 13.8. The van der Waals surface area contributed by atoms with Gasteiger partial charge in [0.25, 0.3) is 0 Å². The summed E-state index contributed by atoms with van der Waals surface area (Å²) in [5.41, 5.74) is 6.14. The summed E-state index contributed by atoms with van der Waals surface area (Å²) in [5.74, 6) is 0.817. The predicted octanol–water partition coefficient (Wildman–Crippen LogP) is 6.81. The van der Waals surface area contributed by atoms with Gasteiger partial charge in [-0.25, -0.2) is 0 Å². The fourth-order valence-corrected chi connectivity index (χ4v) is 4.42. The summed E-state index contributed by atoms with van der Waals surface area (Å²) in [7, 11) is 0. The van der Waals surface area contributed by atoms with Crippen LogP contribution < -0.4 is 10.1 Å². The van der Waals surface area contributed by atoms with Gasteiger partial charge < -0.3 is 15.0 Å².